The summed E-state index contributed by atoms with van der Waals surface area (Å²) >= 11 is 1.45. The molecule has 0 radical (unpaired) electrons. The highest BCUT2D eigenvalue weighted by Gasteiger charge is 2.08. The minimum Gasteiger partial charge on any atom is -0.397 e. The van der Waals surface area contributed by atoms with Gasteiger partial charge in [0.2, 0.25) is 5.91 Å². The van der Waals surface area contributed by atoms with E-state index in [2.05, 4.69) is 10.4 Å². The number of hydrogen-bond acceptors (Lipinski definition) is 4. The summed E-state index contributed by atoms with van der Waals surface area (Å²) < 4.78 is 1.77. The third kappa shape index (κ3) is 3.54. The molecule has 6 heteroatoms. The maximum Gasteiger partial charge on any atom is 0.234 e. The number of nitrogens with two attached hydrogens (primary N) is 1. The Hall–Kier alpha value is -1.95. The van der Waals surface area contributed by atoms with Gasteiger partial charge in [0, 0.05) is 7.05 Å². The van der Waals surface area contributed by atoms with Gasteiger partial charge in [-0.1, -0.05) is 17.8 Å². The standard InChI is InChI=1S/C14H18N4OS/c1-9-4-5-12(11(15)6-9)16-13(19)8-20-14-7-10(2)17-18(14)3/h4-7H,8,15H2,1-3H3,(H,16,19). The largest absolute Gasteiger partial charge is 0.397 e. The molecule has 106 valence electrons. The van der Waals surface area contributed by atoms with Crippen LogP contribution in [0.4, 0.5) is 11.4 Å². The lowest BCUT2D eigenvalue weighted by atomic mass is 10.2. The highest BCUT2D eigenvalue weighted by molar-refractivity contribution is 7.99. The van der Waals surface area contributed by atoms with E-state index in [0.717, 1.165) is 16.3 Å². The summed E-state index contributed by atoms with van der Waals surface area (Å²) in [5.74, 6) is 0.246. The molecule has 0 saturated heterocycles. The molecule has 2 rings (SSSR count). The van der Waals surface area contributed by atoms with E-state index < -0.39 is 0 Å². The van der Waals surface area contributed by atoms with Gasteiger partial charge in [-0.2, -0.15) is 5.10 Å². The molecule has 20 heavy (non-hydrogen) atoms. The lowest BCUT2D eigenvalue weighted by Crippen LogP contribution is -2.15. The summed E-state index contributed by atoms with van der Waals surface area (Å²) in [7, 11) is 1.87. The zero-order valence-electron chi connectivity index (χ0n) is 11.8. The quantitative estimate of drug-likeness (QED) is 0.669. The second-order valence-electron chi connectivity index (χ2n) is 4.68. The average Bonchev–Trinajstić information content (AvgIpc) is 2.69. The molecule has 3 N–H and O–H groups in total. The third-order valence-corrected chi connectivity index (χ3v) is 3.88. The number of benzene rings is 1. The number of amides is 1. The Balaban J connectivity index is 1.94. The first-order valence-corrected chi connectivity index (χ1v) is 7.23. The minimum atomic E-state index is -0.0793. The lowest BCUT2D eigenvalue weighted by Gasteiger charge is -2.08. The van der Waals surface area contributed by atoms with Gasteiger partial charge in [0.15, 0.2) is 0 Å². The lowest BCUT2D eigenvalue weighted by molar-refractivity contribution is -0.113. The van der Waals surface area contributed by atoms with E-state index in [0.29, 0.717) is 17.1 Å². The Morgan fingerprint density at radius 3 is 2.75 bits per heavy atom. The Labute approximate surface area is 122 Å². The molecule has 0 fully saturated rings. The molecule has 0 aliphatic rings. The Morgan fingerprint density at radius 2 is 2.15 bits per heavy atom. The molecule has 1 heterocycles. The van der Waals surface area contributed by atoms with Crippen molar-refractivity contribution >= 4 is 29.0 Å². The number of rotatable bonds is 4. The number of nitrogens with zero attached hydrogens (tertiary/aromatic N) is 2. The van der Waals surface area contributed by atoms with Gasteiger partial charge >= 0.3 is 0 Å². The van der Waals surface area contributed by atoms with Crippen molar-refractivity contribution in [2.24, 2.45) is 7.05 Å². The molecule has 0 saturated carbocycles. The summed E-state index contributed by atoms with van der Waals surface area (Å²) in [4.78, 5) is 11.9. The predicted octanol–water partition coefficient (Wildman–Crippen LogP) is 2.35. The molecule has 1 aromatic heterocycles. The monoisotopic (exact) mass is 290 g/mol. The van der Waals surface area contributed by atoms with Gasteiger partial charge in [0.05, 0.1) is 27.8 Å². The fraction of sp³-hybridized carbons (Fsp3) is 0.286. The van der Waals surface area contributed by atoms with Crippen LogP contribution >= 0.6 is 11.8 Å². The van der Waals surface area contributed by atoms with Crippen LogP contribution in [0, 0.1) is 13.8 Å². The number of nitrogens with one attached hydrogen (secondary N) is 1. The van der Waals surface area contributed by atoms with Crippen molar-refractivity contribution in [2.75, 3.05) is 16.8 Å². The molecule has 1 aromatic carbocycles. The van der Waals surface area contributed by atoms with Crippen LogP contribution in [0.2, 0.25) is 0 Å². The van der Waals surface area contributed by atoms with Gasteiger partial charge in [0.25, 0.3) is 0 Å². The van der Waals surface area contributed by atoms with Gasteiger partial charge < -0.3 is 11.1 Å². The van der Waals surface area contributed by atoms with Gasteiger partial charge in [0.1, 0.15) is 0 Å². The predicted molar refractivity (Wildman–Crippen MR) is 82.9 cm³/mol. The highest BCUT2D eigenvalue weighted by atomic mass is 32.2. The van der Waals surface area contributed by atoms with E-state index in [1.54, 1.807) is 4.68 Å². The van der Waals surface area contributed by atoms with E-state index >= 15 is 0 Å². The van der Waals surface area contributed by atoms with E-state index in [4.69, 9.17) is 5.73 Å². The summed E-state index contributed by atoms with van der Waals surface area (Å²) in [6, 6.07) is 7.54. The van der Waals surface area contributed by atoms with Crippen LogP contribution in [0.15, 0.2) is 29.3 Å². The first-order valence-electron chi connectivity index (χ1n) is 6.25. The van der Waals surface area contributed by atoms with Crippen LogP contribution in [0.3, 0.4) is 0 Å². The Morgan fingerprint density at radius 1 is 1.40 bits per heavy atom. The van der Waals surface area contributed by atoms with Crippen molar-refractivity contribution in [3.05, 3.63) is 35.5 Å². The van der Waals surface area contributed by atoms with Crippen molar-refractivity contribution in [2.45, 2.75) is 18.9 Å². The van der Waals surface area contributed by atoms with E-state index in [1.165, 1.54) is 11.8 Å². The number of nitrogen functional groups attached to an aromatic ring is 1. The third-order valence-electron chi connectivity index (χ3n) is 2.79. The highest BCUT2D eigenvalue weighted by Crippen LogP contribution is 2.21. The molecule has 0 spiro atoms. The number of aromatic nitrogens is 2. The SMILES string of the molecule is Cc1ccc(NC(=O)CSc2cc(C)nn2C)c(N)c1. The fourth-order valence-electron chi connectivity index (χ4n) is 1.84. The van der Waals surface area contributed by atoms with Gasteiger partial charge in [-0.05, 0) is 37.6 Å². The molecule has 0 atom stereocenters. The summed E-state index contributed by atoms with van der Waals surface area (Å²) in [5, 5.41) is 8.03. The maximum absolute atomic E-state index is 11.9. The molecule has 1 amide bonds. The van der Waals surface area contributed by atoms with Gasteiger partial charge in [-0.25, -0.2) is 0 Å². The summed E-state index contributed by atoms with van der Waals surface area (Å²) in [6.07, 6.45) is 0. The van der Waals surface area contributed by atoms with Crippen LogP contribution in [-0.4, -0.2) is 21.4 Å². The molecule has 2 aromatic rings. The Kier molecular flexibility index (Phi) is 4.34. The Bertz CT molecular complexity index is 636. The normalized spacial score (nSPS) is 10.6. The van der Waals surface area contributed by atoms with Crippen LogP contribution in [-0.2, 0) is 11.8 Å². The van der Waals surface area contributed by atoms with Crippen molar-refractivity contribution in [1.82, 2.24) is 9.78 Å². The van der Waals surface area contributed by atoms with Crippen LogP contribution in [0.1, 0.15) is 11.3 Å². The number of carbonyl (C=O) groups excluding carboxylic acids is 1. The zero-order chi connectivity index (χ0) is 14.7. The molecule has 0 aliphatic carbocycles. The summed E-state index contributed by atoms with van der Waals surface area (Å²) in [5.41, 5.74) is 9.12. The molecular weight excluding hydrogens is 272 g/mol. The number of thioether (sulfide) groups is 1. The zero-order valence-corrected chi connectivity index (χ0v) is 12.6. The molecular formula is C14H18N4OS. The van der Waals surface area contributed by atoms with Crippen LogP contribution in [0.5, 0.6) is 0 Å². The topological polar surface area (TPSA) is 72.9 Å². The molecule has 0 unspecified atom stereocenters. The van der Waals surface area contributed by atoms with Crippen molar-refractivity contribution in [3.63, 3.8) is 0 Å². The van der Waals surface area contributed by atoms with Crippen molar-refractivity contribution in [3.8, 4) is 0 Å². The smallest absolute Gasteiger partial charge is 0.234 e. The second-order valence-corrected chi connectivity index (χ2v) is 5.67. The maximum atomic E-state index is 11.9. The first-order chi connectivity index (χ1) is 9.45. The first kappa shape index (κ1) is 14.5. The van der Waals surface area contributed by atoms with Crippen molar-refractivity contribution < 1.29 is 4.79 Å². The van der Waals surface area contributed by atoms with Gasteiger partial charge in [-0.15, -0.1) is 0 Å². The number of carbonyl (C=O) groups is 1. The van der Waals surface area contributed by atoms with E-state index in [9.17, 15) is 4.79 Å². The number of aryl methyl sites for hydroxylation is 3. The number of anilines is 2. The summed E-state index contributed by atoms with van der Waals surface area (Å²) in [6.45, 7) is 3.89. The minimum absolute atomic E-state index is 0.0793. The van der Waals surface area contributed by atoms with Crippen LogP contribution in [0.25, 0.3) is 0 Å². The second kappa shape index (κ2) is 6.00. The molecule has 5 nitrogen and oxygen atoms in total. The van der Waals surface area contributed by atoms with Crippen LogP contribution < -0.4 is 11.1 Å². The van der Waals surface area contributed by atoms with E-state index in [1.807, 2.05) is 45.2 Å². The fourth-order valence-corrected chi connectivity index (χ4v) is 2.68. The molecule has 0 bridgehead atoms. The molecule has 0 aliphatic heterocycles. The van der Waals surface area contributed by atoms with Gasteiger partial charge in [-0.3, -0.25) is 9.48 Å². The van der Waals surface area contributed by atoms with E-state index in [-0.39, 0.29) is 5.91 Å². The number of hydrogen-bond donors (Lipinski definition) is 2. The average molecular weight is 290 g/mol. The van der Waals surface area contributed by atoms with Crippen molar-refractivity contribution in [1.29, 1.82) is 0 Å².